The fourth-order valence-corrected chi connectivity index (χ4v) is 6.14. The van der Waals surface area contributed by atoms with Crippen LogP contribution in [0.3, 0.4) is 0 Å². The first-order valence-electron chi connectivity index (χ1n) is 9.79. The number of hydrogen-bond donors (Lipinski definition) is 2. The summed E-state index contributed by atoms with van der Waals surface area (Å²) in [6.07, 6.45) is 0.827. The van der Waals surface area contributed by atoms with E-state index in [1.54, 1.807) is 7.11 Å². The summed E-state index contributed by atoms with van der Waals surface area (Å²) in [5.41, 5.74) is 2.19. The molecule has 0 radical (unpaired) electrons. The molecule has 0 aromatic heterocycles. The van der Waals surface area contributed by atoms with Crippen molar-refractivity contribution < 1.29 is 23.1 Å². The Morgan fingerprint density at radius 2 is 1.83 bits per heavy atom. The Bertz CT molecular complexity index is 905. The molecule has 0 saturated heterocycles. The molecule has 2 aromatic rings. The van der Waals surface area contributed by atoms with Crippen molar-refractivity contribution in [3.05, 3.63) is 65.7 Å². The van der Waals surface area contributed by atoms with Gasteiger partial charge in [-0.15, -0.1) is 0 Å². The molecule has 2 aromatic carbocycles. The molecular formula is C22H30AsNO5S. The second kappa shape index (κ2) is 12.1. The zero-order valence-corrected chi connectivity index (χ0v) is 20.3. The molecule has 0 aliphatic heterocycles. The Hall–Kier alpha value is -1.82. The topological polar surface area (TPSA) is 92.7 Å². The number of carbonyl (C=O) groups is 1. The molecule has 6 nitrogen and oxygen atoms in total. The Morgan fingerprint density at radius 3 is 2.50 bits per heavy atom. The van der Waals surface area contributed by atoms with Crippen molar-refractivity contribution in [3.63, 3.8) is 0 Å². The fourth-order valence-electron chi connectivity index (χ4n) is 3.00. The van der Waals surface area contributed by atoms with Crippen LogP contribution in [0, 0.1) is 0 Å². The van der Waals surface area contributed by atoms with E-state index in [2.05, 4.69) is 5.32 Å². The molecule has 0 bridgehead atoms. The molecule has 0 aliphatic rings. The molecule has 0 spiro atoms. The van der Waals surface area contributed by atoms with Crippen LogP contribution in [0.15, 0.2) is 54.6 Å². The maximum atomic E-state index is 12.3. The molecule has 3 atom stereocenters. The number of rotatable bonds is 12. The molecule has 0 saturated carbocycles. The zero-order valence-electron chi connectivity index (χ0n) is 17.4. The van der Waals surface area contributed by atoms with Gasteiger partial charge in [0.25, 0.3) is 0 Å². The van der Waals surface area contributed by atoms with Gasteiger partial charge in [0.2, 0.25) is 0 Å². The third-order valence-corrected chi connectivity index (χ3v) is 8.44. The molecule has 0 aliphatic carbocycles. The quantitative estimate of drug-likeness (QED) is 0.437. The number of carbonyl (C=O) groups excluding carboxylic acids is 1. The van der Waals surface area contributed by atoms with Gasteiger partial charge in [0.05, 0.1) is 0 Å². The van der Waals surface area contributed by atoms with Crippen LogP contribution in [0.4, 0.5) is 0 Å². The Kier molecular flexibility index (Phi) is 9.89. The summed E-state index contributed by atoms with van der Waals surface area (Å²) in [5, 5.41) is 15.2. The molecule has 164 valence electrons. The summed E-state index contributed by atoms with van der Waals surface area (Å²) in [7, 11) is -1.57. The first-order chi connectivity index (χ1) is 14.3. The number of hydrogen-bond acceptors (Lipinski definition) is 5. The zero-order chi connectivity index (χ0) is 22.0. The van der Waals surface area contributed by atoms with Gasteiger partial charge in [0.1, 0.15) is 0 Å². The van der Waals surface area contributed by atoms with Crippen molar-refractivity contribution >= 4 is 31.5 Å². The number of methoxy groups -OCH3 is 1. The number of sulfone groups is 1. The van der Waals surface area contributed by atoms with Gasteiger partial charge in [-0.2, -0.15) is 0 Å². The van der Waals surface area contributed by atoms with Crippen LogP contribution < -0.4 is 10.1 Å². The van der Waals surface area contributed by atoms with E-state index in [9.17, 15) is 18.3 Å². The van der Waals surface area contributed by atoms with Gasteiger partial charge in [-0.05, 0) is 0 Å². The number of benzene rings is 2. The third-order valence-electron chi connectivity index (χ3n) is 4.63. The summed E-state index contributed by atoms with van der Waals surface area (Å²) in [6, 6.07) is 17.1. The van der Waals surface area contributed by atoms with E-state index in [1.807, 2.05) is 54.6 Å². The van der Waals surface area contributed by atoms with Crippen molar-refractivity contribution in [2.24, 2.45) is 0 Å². The predicted octanol–water partition coefficient (Wildman–Crippen LogP) is 1.57. The van der Waals surface area contributed by atoms with E-state index in [0.29, 0.717) is 11.6 Å². The van der Waals surface area contributed by atoms with E-state index in [4.69, 9.17) is 4.74 Å². The normalized spacial score (nSPS) is 13.8. The molecule has 0 heterocycles. The van der Waals surface area contributed by atoms with Gasteiger partial charge in [-0.3, -0.25) is 0 Å². The van der Waals surface area contributed by atoms with Gasteiger partial charge in [-0.1, -0.05) is 0 Å². The van der Waals surface area contributed by atoms with Gasteiger partial charge < -0.3 is 0 Å². The van der Waals surface area contributed by atoms with Gasteiger partial charge in [0, 0.05) is 0 Å². The number of aliphatic hydroxyl groups excluding tert-OH is 1. The van der Waals surface area contributed by atoms with Crippen LogP contribution in [0.2, 0.25) is 5.21 Å². The van der Waals surface area contributed by atoms with Crippen LogP contribution in [0.25, 0.3) is 0 Å². The minimum atomic E-state index is -3.21. The standard InChI is InChI=1S/C22H30AsNO5S/c1-29-19-10-6-9-18(13-19)15-23-16-21(25)20(14-17-7-4-3-5-8-17)24-22(26)11-12-30(2,27)28/h3-10,13,20-21,23,25H,11-12,14-16H2,1-2H3,(H,24,26)/t20-,21-/m0/s1. The molecule has 8 heteroatoms. The summed E-state index contributed by atoms with van der Waals surface area (Å²) in [6.45, 7) is 0. The van der Waals surface area contributed by atoms with Crippen LogP contribution in [0.5, 0.6) is 5.75 Å². The maximum absolute atomic E-state index is 12.3. The Balaban J connectivity index is 1.96. The second-order valence-corrected chi connectivity index (χ2v) is 12.2. The molecule has 2 rings (SSSR count). The molecular weight excluding hydrogens is 465 g/mol. The van der Waals surface area contributed by atoms with E-state index >= 15 is 0 Å². The third kappa shape index (κ3) is 9.33. The summed E-state index contributed by atoms with van der Waals surface area (Å²) >= 11 is -0.475. The van der Waals surface area contributed by atoms with E-state index in [1.165, 1.54) is 5.56 Å². The van der Waals surface area contributed by atoms with Crippen molar-refractivity contribution in [3.8, 4) is 5.75 Å². The Labute approximate surface area is 185 Å². The van der Waals surface area contributed by atoms with Gasteiger partial charge in [-0.25, -0.2) is 0 Å². The number of nitrogens with one attached hydrogen (secondary N) is 1. The summed E-state index contributed by atoms with van der Waals surface area (Å²) < 4.78 is 27.9. The molecule has 1 amide bonds. The second-order valence-electron chi connectivity index (χ2n) is 7.29. The van der Waals surface area contributed by atoms with E-state index < -0.39 is 37.7 Å². The Morgan fingerprint density at radius 1 is 1.13 bits per heavy atom. The SMILES string of the molecule is COc1cccc(C[AsH]C[C@H](O)[C@H](Cc2ccccc2)NC(=O)CCS(C)(=O)=O)c1. The number of amides is 1. The molecule has 0 fully saturated rings. The first kappa shape index (κ1) is 24.4. The number of aliphatic hydroxyl groups is 1. The van der Waals surface area contributed by atoms with E-state index in [-0.39, 0.29) is 18.1 Å². The molecule has 1 unspecified atom stereocenters. The average molecular weight is 495 g/mol. The van der Waals surface area contributed by atoms with Crippen LogP contribution in [-0.2, 0) is 26.3 Å². The van der Waals surface area contributed by atoms with Crippen molar-refractivity contribution in [1.29, 1.82) is 0 Å². The summed E-state index contributed by atoms with van der Waals surface area (Å²) in [4.78, 5) is 12.3. The van der Waals surface area contributed by atoms with Crippen LogP contribution >= 0.6 is 0 Å². The molecule has 30 heavy (non-hydrogen) atoms. The predicted molar refractivity (Wildman–Crippen MR) is 121 cm³/mol. The van der Waals surface area contributed by atoms with Crippen LogP contribution in [0.1, 0.15) is 17.5 Å². The van der Waals surface area contributed by atoms with E-state index in [0.717, 1.165) is 22.8 Å². The fraction of sp³-hybridized carbons (Fsp3) is 0.409. The van der Waals surface area contributed by atoms with Crippen molar-refractivity contribution in [1.82, 2.24) is 5.32 Å². The monoisotopic (exact) mass is 495 g/mol. The number of ether oxygens (including phenoxy) is 1. The van der Waals surface area contributed by atoms with Crippen molar-refractivity contribution in [2.75, 3.05) is 19.1 Å². The van der Waals surface area contributed by atoms with Gasteiger partial charge in [0.15, 0.2) is 0 Å². The summed E-state index contributed by atoms with van der Waals surface area (Å²) in [5.74, 6) is 0.268. The first-order valence-corrected chi connectivity index (χ1v) is 14.8. The molecule has 2 N–H and O–H groups in total. The average Bonchev–Trinajstić information content (AvgIpc) is 2.72. The van der Waals surface area contributed by atoms with Crippen LogP contribution in [-0.4, -0.2) is 66.4 Å². The van der Waals surface area contributed by atoms with Crippen molar-refractivity contribution in [2.45, 2.75) is 35.4 Å². The van der Waals surface area contributed by atoms with Gasteiger partial charge >= 0.3 is 186 Å². The minimum absolute atomic E-state index is 0.100.